The van der Waals surface area contributed by atoms with Crippen LogP contribution in [-0.4, -0.2) is 31.0 Å². The van der Waals surface area contributed by atoms with Gasteiger partial charge in [0.2, 0.25) is 0 Å². The summed E-state index contributed by atoms with van der Waals surface area (Å²) in [6.45, 7) is 2.70. The second-order valence-electron chi connectivity index (χ2n) is 7.22. The second kappa shape index (κ2) is 9.34. The summed E-state index contributed by atoms with van der Waals surface area (Å²) in [6.07, 6.45) is 0.0702. The molecule has 0 unspecified atom stereocenters. The van der Waals surface area contributed by atoms with Crippen LogP contribution >= 0.6 is 0 Å². The van der Waals surface area contributed by atoms with Crippen molar-refractivity contribution in [2.75, 3.05) is 18.0 Å². The molecule has 4 rings (SSSR count). The van der Waals surface area contributed by atoms with E-state index in [1.54, 1.807) is 35.2 Å². The summed E-state index contributed by atoms with van der Waals surface area (Å²) >= 11 is 0. The zero-order valence-corrected chi connectivity index (χ0v) is 17.3. The lowest BCUT2D eigenvalue weighted by molar-refractivity contribution is -0.127. The Kier molecular flexibility index (Phi) is 6.17. The zero-order valence-electron chi connectivity index (χ0n) is 17.3. The number of nitrogens with zero attached hydrogens (tertiary/aromatic N) is 1. The van der Waals surface area contributed by atoms with Crippen LogP contribution in [0.15, 0.2) is 78.9 Å². The molecule has 1 aliphatic heterocycles. The summed E-state index contributed by atoms with van der Waals surface area (Å²) in [5.74, 6) is 1.46. The van der Waals surface area contributed by atoms with E-state index in [1.807, 2.05) is 55.5 Å². The van der Waals surface area contributed by atoms with Gasteiger partial charge in [0.05, 0.1) is 12.2 Å². The van der Waals surface area contributed by atoms with Crippen molar-refractivity contribution < 1.29 is 19.1 Å². The molecule has 6 heteroatoms. The predicted octanol–water partition coefficient (Wildman–Crippen LogP) is 4.41. The first-order valence-electron chi connectivity index (χ1n) is 10.3. The molecular formula is C25H24N2O4. The van der Waals surface area contributed by atoms with E-state index in [1.165, 1.54) is 0 Å². The molecule has 31 heavy (non-hydrogen) atoms. The number of benzene rings is 3. The quantitative estimate of drug-likeness (QED) is 0.646. The molecule has 0 bridgehead atoms. The molecule has 0 saturated carbocycles. The summed E-state index contributed by atoms with van der Waals surface area (Å²) < 4.78 is 11.7. The Bertz CT molecular complexity index is 1050. The lowest BCUT2D eigenvalue weighted by Gasteiger charge is -2.34. The average Bonchev–Trinajstić information content (AvgIpc) is 2.82. The highest BCUT2D eigenvalue weighted by molar-refractivity contribution is 6.08. The van der Waals surface area contributed by atoms with Crippen LogP contribution in [0, 0.1) is 0 Å². The van der Waals surface area contributed by atoms with E-state index in [2.05, 4.69) is 5.32 Å². The monoisotopic (exact) mass is 416 g/mol. The molecule has 3 aromatic carbocycles. The van der Waals surface area contributed by atoms with E-state index < -0.39 is 6.10 Å². The van der Waals surface area contributed by atoms with E-state index in [4.69, 9.17) is 9.47 Å². The van der Waals surface area contributed by atoms with Gasteiger partial charge in [0.25, 0.3) is 11.8 Å². The summed E-state index contributed by atoms with van der Waals surface area (Å²) in [6, 6.07) is 23.7. The van der Waals surface area contributed by atoms with Crippen molar-refractivity contribution in [1.29, 1.82) is 0 Å². The van der Waals surface area contributed by atoms with E-state index >= 15 is 0 Å². The number of para-hydroxylation sites is 3. The maximum absolute atomic E-state index is 13.3. The number of anilines is 1. The van der Waals surface area contributed by atoms with Crippen molar-refractivity contribution in [1.82, 2.24) is 5.32 Å². The van der Waals surface area contributed by atoms with Crippen molar-refractivity contribution in [3.05, 3.63) is 84.4 Å². The maximum atomic E-state index is 13.3. The smallest absolute Gasteiger partial charge is 0.262 e. The maximum Gasteiger partial charge on any atom is 0.262 e. The number of nitrogens with one attached hydrogen (secondary N) is 1. The van der Waals surface area contributed by atoms with Crippen LogP contribution in [0.3, 0.4) is 0 Å². The minimum absolute atomic E-state index is 0.146. The number of hydrogen-bond acceptors (Lipinski definition) is 4. The first-order chi connectivity index (χ1) is 15.2. The Balaban J connectivity index is 1.54. The fourth-order valence-corrected chi connectivity index (χ4v) is 3.37. The number of carbonyl (C=O) groups excluding carboxylic acids is 2. The Morgan fingerprint density at radius 1 is 0.968 bits per heavy atom. The van der Waals surface area contributed by atoms with Gasteiger partial charge in [-0.3, -0.25) is 9.59 Å². The summed E-state index contributed by atoms with van der Waals surface area (Å²) in [5.41, 5.74) is 1.15. The van der Waals surface area contributed by atoms with Crippen molar-refractivity contribution >= 4 is 17.5 Å². The third-order valence-electron chi connectivity index (χ3n) is 4.94. The van der Waals surface area contributed by atoms with Gasteiger partial charge in [-0.2, -0.15) is 0 Å². The number of carbonyl (C=O) groups is 2. The Labute approximate surface area is 181 Å². The fraction of sp³-hybridized carbons (Fsp3) is 0.200. The average molecular weight is 416 g/mol. The minimum atomic E-state index is -0.758. The van der Waals surface area contributed by atoms with Crippen molar-refractivity contribution in [2.24, 2.45) is 0 Å². The third-order valence-corrected chi connectivity index (χ3v) is 4.94. The Hall–Kier alpha value is -3.80. The molecule has 0 saturated heterocycles. The van der Waals surface area contributed by atoms with Crippen LogP contribution < -0.4 is 19.7 Å². The minimum Gasteiger partial charge on any atom is -0.477 e. The molecule has 0 spiro atoms. The van der Waals surface area contributed by atoms with E-state index in [-0.39, 0.29) is 18.4 Å². The molecule has 1 atom stereocenters. The lowest BCUT2D eigenvalue weighted by atomic mass is 10.1. The van der Waals surface area contributed by atoms with Gasteiger partial charge in [0.1, 0.15) is 17.2 Å². The number of hydrogen-bond donors (Lipinski definition) is 1. The van der Waals surface area contributed by atoms with Gasteiger partial charge >= 0.3 is 0 Å². The van der Waals surface area contributed by atoms with E-state index in [0.717, 1.165) is 12.2 Å². The first-order valence-corrected chi connectivity index (χ1v) is 10.3. The molecule has 0 radical (unpaired) electrons. The molecule has 0 fully saturated rings. The normalized spacial score (nSPS) is 14.9. The molecule has 1 heterocycles. The van der Waals surface area contributed by atoms with Crippen LogP contribution in [0.4, 0.5) is 5.69 Å². The SMILES string of the molecule is CCCNC(=O)[C@H]1CN(C(=O)c2ccc(Oc3ccccc3)cc2)c2ccccc2O1. The Morgan fingerprint density at radius 3 is 2.39 bits per heavy atom. The van der Waals surface area contributed by atoms with Crippen LogP contribution in [0.25, 0.3) is 0 Å². The zero-order chi connectivity index (χ0) is 21.6. The van der Waals surface area contributed by atoms with E-state index in [9.17, 15) is 9.59 Å². The highest BCUT2D eigenvalue weighted by Crippen LogP contribution is 2.34. The van der Waals surface area contributed by atoms with Gasteiger partial charge in [-0.15, -0.1) is 0 Å². The summed E-state index contributed by atoms with van der Waals surface area (Å²) in [7, 11) is 0. The van der Waals surface area contributed by atoms with Gasteiger partial charge in [0, 0.05) is 12.1 Å². The number of fused-ring (bicyclic) bond motifs is 1. The van der Waals surface area contributed by atoms with Gasteiger partial charge in [-0.25, -0.2) is 0 Å². The molecule has 1 aliphatic rings. The van der Waals surface area contributed by atoms with Gasteiger partial charge in [-0.1, -0.05) is 37.3 Å². The first kappa shape index (κ1) is 20.5. The Morgan fingerprint density at radius 2 is 1.65 bits per heavy atom. The molecule has 158 valence electrons. The van der Waals surface area contributed by atoms with Gasteiger partial charge in [0.15, 0.2) is 6.10 Å². The molecule has 6 nitrogen and oxygen atoms in total. The molecular weight excluding hydrogens is 392 g/mol. The number of ether oxygens (including phenoxy) is 2. The van der Waals surface area contributed by atoms with Crippen LogP contribution in [0.5, 0.6) is 17.2 Å². The highest BCUT2D eigenvalue weighted by atomic mass is 16.5. The summed E-state index contributed by atoms with van der Waals surface area (Å²) in [5, 5.41) is 2.84. The third kappa shape index (κ3) is 4.69. The molecule has 2 amide bonds. The van der Waals surface area contributed by atoms with Crippen molar-refractivity contribution in [2.45, 2.75) is 19.4 Å². The molecule has 3 aromatic rings. The largest absolute Gasteiger partial charge is 0.477 e. The standard InChI is InChI=1S/C25H24N2O4/c1-2-16-26-24(28)23-17-27(21-10-6-7-11-22(21)31-23)25(29)18-12-14-20(15-13-18)30-19-8-4-3-5-9-19/h3-15,23H,2,16-17H2,1H3,(H,26,28)/t23-/m1/s1. The molecule has 0 aromatic heterocycles. The van der Waals surface area contributed by atoms with Crippen LogP contribution in [0.2, 0.25) is 0 Å². The van der Waals surface area contributed by atoms with Gasteiger partial charge < -0.3 is 19.7 Å². The van der Waals surface area contributed by atoms with Crippen LogP contribution in [0.1, 0.15) is 23.7 Å². The second-order valence-corrected chi connectivity index (χ2v) is 7.22. The topological polar surface area (TPSA) is 67.9 Å². The van der Waals surface area contributed by atoms with E-state index in [0.29, 0.717) is 29.3 Å². The molecule has 0 aliphatic carbocycles. The van der Waals surface area contributed by atoms with Crippen LogP contribution in [-0.2, 0) is 4.79 Å². The number of amides is 2. The highest BCUT2D eigenvalue weighted by Gasteiger charge is 2.34. The predicted molar refractivity (Wildman–Crippen MR) is 119 cm³/mol. The lowest BCUT2D eigenvalue weighted by Crippen LogP contribution is -2.50. The van der Waals surface area contributed by atoms with Gasteiger partial charge in [-0.05, 0) is 55.0 Å². The fourth-order valence-electron chi connectivity index (χ4n) is 3.37. The summed E-state index contributed by atoms with van der Waals surface area (Å²) in [4.78, 5) is 27.4. The number of rotatable bonds is 6. The molecule has 1 N–H and O–H groups in total. The van der Waals surface area contributed by atoms with Crippen molar-refractivity contribution in [3.8, 4) is 17.2 Å². The van der Waals surface area contributed by atoms with Crippen molar-refractivity contribution in [3.63, 3.8) is 0 Å².